The molecule has 1 N–H and O–H groups in total. The predicted octanol–water partition coefficient (Wildman–Crippen LogP) is 0.755. The van der Waals surface area contributed by atoms with Crippen molar-refractivity contribution in [1.29, 1.82) is 5.26 Å². The molecule has 0 saturated heterocycles. The number of benzene rings is 1. The zero-order chi connectivity index (χ0) is 11.3. The van der Waals surface area contributed by atoms with E-state index in [0.29, 0.717) is 5.56 Å². The number of hydrogen-bond acceptors (Lipinski definition) is 3. The van der Waals surface area contributed by atoms with Gasteiger partial charge in [-0.05, 0) is 0 Å². The Morgan fingerprint density at radius 1 is 1.33 bits per heavy atom. The van der Waals surface area contributed by atoms with E-state index in [4.69, 9.17) is 5.26 Å². The van der Waals surface area contributed by atoms with Crippen LogP contribution in [0.2, 0.25) is 0 Å². The van der Waals surface area contributed by atoms with E-state index in [1.54, 1.807) is 36.4 Å². The Bertz CT molecular complexity index is 406. The van der Waals surface area contributed by atoms with Crippen LogP contribution in [-0.4, -0.2) is 18.7 Å². The molecule has 0 aliphatic carbocycles. The first-order valence-corrected chi connectivity index (χ1v) is 4.41. The molecule has 0 spiro atoms. The van der Waals surface area contributed by atoms with Crippen LogP contribution in [0.15, 0.2) is 30.3 Å². The third kappa shape index (κ3) is 2.41. The summed E-state index contributed by atoms with van der Waals surface area (Å²) in [4.78, 5) is 22.9. The van der Waals surface area contributed by atoms with Crippen LogP contribution in [0.3, 0.4) is 0 Å². The lowest BCUT2D eigenvalue weighted by atomic mass is 9.98. The van der Waals surface area contributed by atoms with Crippen molar-refractivity contribution in [3.05, 3.63) is 35.9 Å². The Morgan fingerprint density at radius 3 is 2.40 bits per heavy atom. The molecule has 0 heterocycles. The van der Waals surface area contributed by atoms with Crippen molar-refractivity contribution in [3.8, 4) is 6.07 Å². The minimum absolute atomic E-state index is 0.368. The molecule has 1 rings (SSSR count). The van der Waals surface area contributed by atoms with Crippen LogP contribution in [0.1, 0.15) is 10.4 Å². The number of hydrogen-bond donors (Lipinski definition) is 1. The van der Waals surface area contributed by atoms with Crippen molar-refractivity contribution in [1.82, 2.24) is 5.32 Å². The smallest absolute Gasteiger partial charge is 0.245 e. The van der Waals surface area contributed by atoms with Gasteiger partial charge >= 0.3 is 0 Å². The third-order valence-corrected chi connectivity index (χ3v) is 1.96. The molecular formula is C11H10N2O2. The second kappa shape index (κ2) is 4.91. The molecular weight excluding hydrogens is 192 g/mol. The molecule has 1 amide bonds. The normalized spacial score (nSPS) is 11.2. The predicted molar refractivity (Wildman–Crippen MR) is 53.9 cm³/mol. The van der Waals surface area contributed by atoms with Gasteiger partial charge in [-0.15, -0.1) is 0 Å². The first-order valence-electron chi connectivity index (χ1n) is 4.41. The van der Waals surface area contributed by atoms with Gasteiger partial charge in [0.05, 0.1) is 6.07 Å². The van der Waals surface area contributed by atoms with Gasteiger partial charge in [0.2, 0.25) is 5.91 Å². The van der Waals surface area contributed by atoms with Crippen LogP contribution in [0.5, 0.6) is 0 Å². The molecule has 0 saturated carbocycles. The summed E-state index contributed by atoms with van der Waals surface area (Å²) in [7, 11) is 1.39. The van der Waals surface area contributed by atoms with E-state index < -0.39 is 17.6 Å². The highest BCUT2D eigenvalue weighted by Gasteiger charge is 2.26. The summed E-state index contributed by atoms with van der Waals surface area (Å²) in [6, 6.07) is 9.98. The van der Waals surface area contributed by atoms with Gasteiger partial charge in [-0.3, -0.25) is 9.59 Å². The lowest BCUT2D eigenvalue weighted by Crippen LogP contribution is -2.32. The van der Waals surface area contributed by atoms with Gasteiger partial charge in [0.15, 0.2) is 11.7 Å². The second-order valence-electron chi connectivity index (χ2n) is 2.91. The van der Waals surface area contributed by atoms with E-state index in [-0.39, 0.29) is 0 Å². The Hall–Kier alpha value is -2.15. The average Bonchev–Trinajstić information content (AvgIpc) is 2.30. The zero-order valence-electron chi connectivity index (χ0n) is 8.23. The van der Waals surface area contributed by atoms with Crippen LogP contribution < -0.4 is 5.32 Å². The zero-order valence-corrected chi connectivity index (χ0v) is 8.23. The largest absolute Gasteiger partial charge is 0.358 e. The van der Waals surface area contributed by atoms with E-state index in [2.05, 4.69) is 5.32 Å². The molecule has 0 radical (unpaired) electrons. The van der Waals surface area contributed by atoms with Crippen LogP contribution in [0.25, 0.3) is 0 Å². The van der Waals surface area contributed by atoms with E-state index in [0.717, 1.165) is 0 Å². The quantitative estimate of drug-likeness (QED) is 0.581. The van der Waals surface area contributed by atoms with Crippen molar-refractivity contribution in [2.45, 2.75) is 0 Å². The lowest BCUT2D eigenvalue weighted by molar-refractivity contribution is -0.121. The number of carbonyl (C=O) groups excluding carboxylic acids is 2. The standard InChI is InChI=1S/C11H10N2O2/c1-13-11(15)9(7-12)10(14)8-5-3-2-4-6-8/h2-6,9H,1H3,(H,13,15). The molecule has 0 aromatic heterocycles. The SMILES string of the molecule is CNC(=O)C(C#N)C(=O)c1ccccc1. The Kier molecular flexibility index (Phi) is 3.58. The van der Waals surface area contributed by atoms with Crippen LogP contribution in [0.4, 0.5) is 0 Å². The number of amides is 1. The van der Waals surface area contributed by atoms with E-state index >= 15 is 0 Å². The summed E-state index contributed by atoms with van der Waals surface area (Å²) in [5.41, 5.74) is 0.368. The molecule has 1 aromatic carbocycles. The topological polar surface area (TPSA) is 70.0 Å². The van der Waals surface area contributed by atoms with Crippen molar-refractivity contribution in [2.75, 3.05) is 7.05 Å². The maximum Gasteiger partial charge on any atom is 0.245 e. The number of nitrogens with zero attached hydrogens (tertiary/aromatic N) is 1. The molecule has 1 atom stereocenters. The Labute approximate surface area is 87.5 Å². The lowest BCUT2D eigenvalue weighted by Gasteiger charge is -2.05. The Morgan fingerprint density at radius 2 is 1.93 bits per heavy atom. The molecule has 0 bridgehead atoms. The average molecular weight is 202 g/mol. The molecule has 15 heavy (non-hydrogen) atoms. The van der Waals surface area contributed by atoms with Crippen molar-refractivity contribution in [2.24, 2.45) is 5.92 Å². The van der Waals surface area contributed by atoms with Crippen LogP contribution >= 0.6 is 0 Å². The van der Waals surface area contributed by atoms with Gasteiger partial charge in [0.25, 0.3) is 0 Å². The number of rotatable bonds is 3. The van der Waals surface area contributed by atoms with Gasteiger partial charge in [-0.1, -0.05) is 30.3 Å². The van der Waals surface area contributed by atoms with Crippen molar-refractivity contribution >= 4 is 11.7 Å². The maximum atomic E-state index is 11.7. The number of Topliss-reactive ketones (excluding diaryl/α,β-unsaturated/α-hetero) is 1. The molecule has 1 unspecified atom stereocenters. The maximum absolute atomic E-state index is 11.7. The van der Waals surface area contributed by atoms with Gasteiger partial charge in [0.1, 0.15) is 0 Å². The number of ketones is 1. The van der Waals surface area contributed by atoms with Crippen molar-refractivity contribution in [3.63, 3.8) is 0 Å². The van der Waals surface area contributed by atoms with Gasteiger partial charge in [0, 0.05) is 12.6 Å². The van der Waals surface area contributed by atoms with Crippen LogP contribution in [-0.2, 0) is 4.79 Å². The minimum Gasteiger partial charge on any atom is -0.358 e. The third-order valence-electron chi connectivity index (χ3n) is 1.96. The molecule has 76 valence electrons. The highest BCUT2D eigenvalue weighted by atomic mass is 16.2. The van der Waals surface area contributed by atoms with Crippen molar-refractivity contribution < 1.29 is 9.59 Å². The van der Waals surface area contributed by atoms with Gasteiger partial charge in [-0.2, -0.15) is 5.26 Å². The summed E-state index contributed by atoms with van der Waals surface area (Å²) >= 11 is 0. The minimum atomic E-state index is -1.27. The molecule has 4 heteroatoms. The van der Waals surface area contributed by atoms with E-state index in [1.807, 2.05) is 0 Å². The second-order valence-corrected chi connectivity index (χ2v) is 2.91. The molecule has 4 nitrogen and oxygen atoms in total. The number of nitriles is 1. The summed E-state index contributed by atoms with van der Waals surface area (Å²) in [6.07, 6.45) is 0. The summed E-state index contributed by atoms with van der Waals surface area (Å²) < 4.78 is 0. The fourth-order valence-corrected chi connectivity index (χ4v) is 1.15. The van der Waals surface area contributed by atoms with Gasteiger partial charge < -0.3 is 5.32 Å². The Balaban J connectivity index is 2.94. The molecule has 1 aromatic rings. The summed E-state index contributed by atoms with van der Waals surface area (Å²) in [5, 5.41) is 11.0. The highest BCUT2D eigenvalue weighted by Crippen LogP contribution is 2.08. The summed E-state index contributed by atoms with van der Waals surface area (Å²) in [5.74, 6) is -2.32. The summed E-state index contributed by atoms with van der Waals surface area (Å²) in [6.45, 7) is 0. The first-order chi connectivity index (χ1) is 7.20. The fourth-order valence-electron chi connectivity index (χ4n) is 1.15. The number of carbonyl (C=O) groups is 2. The molecule has 0 aliphatic rings. The number of nitrogens with one attached hydrogen (secondary N) is 1. The van der Waals surface area contributed by atoms with Crippen LogP contribution in [0, 0.1) is 17.2 Å². The van der Waals surface area contributed by atoms with E-state index in [9.17, 15) is 9.59 Å². The monoisotopic (exact) mass is 202 g/mol. The molecule has 0 aliphatic heterocycles. The van der Waals surface area contributed by atoms with E-state index in [1.165, 1.54) is 7.05 Å². The molecule has 0 fully saturated rings. The fraction of sp³-hybridized carbons (Fsp3) is 0.182. The highest BCUT2D eigenvalue weighted by molar-refractivity contribution is 6.11. The van der Waals surface area contributed by atoms with Gasteiger partial charge in [-0.25, -0.2) is 0 Å². The first kappa shape index (κ1) is 10.9.